The summed E-state index contributed by atoms with van der Waals surface area (Å²) in [6, 6.07) is 0. The molecule has 2 unspecified atom stereocenters. The molecule has 0 fully saturated rings. The van der Waals surface area contributed by atoms with Crippen LogP contribution in [0.2, 0.25) is 0 Å². The van der Waals surface area contributed by atoms with E-state index < -0.39 is 22.7 Å². The highest BCUT2D eigenvalue weighted by Gasteiger charge is 2.06. The van der Waals surface area contributed by atoms with Crippen LogP contribution in [0.15, 0.2) is 49.1 Å². The molecule has 2 aliphatic rings. The molecule has 0 aromatic rings. The highest BCUT2D eigenvalue weighted by molar-refractivity contribution is 7.74. The van der Waals surface area contributed by atoms with Crippen molar-refractivity contribution in [1.82, 2.24) is 0 Å². The normalized spacial score (nSPS) is 18.0. The Hall–Kier alpha value is -1.06. The third-order valence-electron chi connectivity index (χ3n) is 2.77. The van der Waals surface area contributed by atoms with E-state index in [-0.39, 0.29) is 0 Å². The second-order valence-electron chi connectivity index (χ2n) is 4.35. The van der Waals surface area contributed by atoms with Gasteiger partial charge in [0.25, 0.3) is 0 Å². The fraction of sp³-hybridized carbons (Fsp3) is 0.333. The zero-order valence-corrected chi connectivity index (χ0v) is 14.2. The average Bonchev–Trinajstić information content (AvgIpc) is 3.26. The Morgan fingerprint density at radius 1 is 0.750 bits per heavy atom. The molecule has 0 bridgehead atoms. The summed E-state index contributed by atoms with van der Waals surface area (Å²) < 4.78 is 40.9. The van der Waals surface area contributed by atoms with Crippen molar-refractivity contribution < 1.29 is 46.5 Å². The standard InChI is InChI=1S/C12H16N2.2H2O4S/c1-2-8-13(7-1)11-5-6-12-14-9-3-4-10-14;2*1-4-5(2)3/h1-4,7-10H,5-6,11-12H2;2*1H,(H,2,3). The molecule has 12 heteroatoms. The maximum absolute atomic E-state index is 8.90. The number of allylic oxidation sites excluding steroid dienone is 4. The average molecular weight is 384 g/mol. The van der Waals surface area contributed by atoms with Crippen LogP contribution < -0.4 is 9.80 Å². The maximum Gasteiger partial charge on any atom is 0.120 e. The number of nitrogens with one attached hydrogen (secondary N) is 2. The molecule has 10 nitrogen and oxygen atoms in total. The smallest absolute Gasteiger partial charge is 0.120 e. The molecule has 0 aromatic carbocycles. The SMILES string of the molecule is C1=C[NH+](CCCC[NH+]2C=CC=C2)C=C1.O=S([O-])OO.O=S([O-])OO. The highest BCUT2D eigenvalue weighted by Crippen LogP contribution is 1.85. The molecular formula is C12H20N2O8S2. The molecule has 0 spiro atoms. The fourth-order valence-electron chi connectivity index (χ4n) is 1.82. The summed E-state index contributed by atoms with van der Waals surface area (Å²) in [5.74, 6) is 0. The Balaban J connectivity index is 0.000000442. The van der Waals surface area contributed by atoms with Crippen LogP contribution in [0.3, 0.4) is 0 Å². The van der Waals surface area contributed by atoms with Gasteiger partial charge in [-0.05, 0) is 24.3 Å². The van der Waals surface area contributed by atoms with Gasteiger partial charge in [-0.1, -0.05) is 0 Å². The minimum atomic E-state index is -2.77. The van der Waals surface area contributed by atoms with Gasteiger partial charge in [0.2, 0.25) is 0 Å². The first-order chi connectivity index (χ1) is 11.5. The van der Waals surface area contributed by atoms with Gasteiger partial charge in [-0.3, -0.25) is 9.80 Å². The Morgan fingerprint density at radius 3 is 1.21 bits per heavy atom. The third-order valence-corrected chi connectivity index (χ3v) is 3.01. The first-order valence-electron chi connectivity index (χ1n) is 6.73. The first kappa shape index (κ1) is 22.9. The lowest BCUT2D eigenvalue weighted by molar-refractivity contribution is -0.795. The molecule has 0 radical (unpaired) electrons. The zero-order valence-electron chi connectivity index (χ0n) is 12.6. The molecule has 2 heterocycles. The maximum atomic E-state index is 8.90. The lowest BCUT2D eigenvalue weighted by atomic mass is 10.3. The van der Waals surface area contributed by atoms with E-state index in [1.165, 1.54) is 35.7 Å². The molecule has 2 atom stereocenters. The molecule has 0 saturated carbocycles. The van der Waals surface area contributed by atoms with Gasteiger partial charge in [-0.15, -0.1) is 8.67 Å². The van der Waals surface area contributed by atoms with Gasteiger partial charge >= 0.3 is 0 Å². The predicted octanol–water partition coefficient (Wildman–Crippen LogP) is -1.84. The molecular weight excluding hydrogens is 364 g/mol. The predicted molar refractivity (Wildman–Crippen MR) is 82.7 cm³/mol. The van der Waals surface area contributed by atoms with E-state index in [4.69, 9.17) is 28.0 Å². The lowest BCUT2D eigenvalue weighted by Gasteiger charge is -2.08. The van der Waals surface area contributed by atoms with Crippen molar-refractivity contribution in [3.63, 3.8) is 0 Å². The largest absolute Gasteiger partial charge is 0.748 e. The second kappa shape index (κ2) is 15.5. The zero-order chi connectivity index (χ0) is 18.2. The van der Waals surface area contributed by atoms with Crippen molar-refractivity contribution in [2.45, 2.75) is 12.8 Å². The van der Waals surface area contributed by atoms with Crippen LogP contribution >= 0.6 is 0 Å². The monoisotopic (exact) mass is 384 g/mol. The van der Waals surface area contributed by atoms with Gasteiger partial charge in [0.1, 0.15) is 22.7 Å². The summed E-state index contributed by atoms with van der Waals surface area (Å²) in [6.45, 7) is 2.46. The number of hydrogen-bond donors (Lipinski definition) is 4. The number of rotatable bonds is 7. The van der Waals surface area contributed by atoms with Crippen molar-refractivity contribution in [1.29, 1.82) is 0 Å². The third kappa shape index (κ3) is 14.5. The van der Waals surface area contributed by atoms with Gasteiger partial charge in [-0.25, -0.2) is 18.9 Å². The molecule has 2 rings (SSSR count). The Bertz CT molecular complexity index is 427. The van der Waals surface area contributed by atoms with Gasteiger partial charge in [0, 0.05) is 12.8 Å². The van der Waals surface area contributed by atoms with E-state index in [0.29, 0.717) is 0 Å². The molecule has 2 aliphatic heterocycles. The van der Waals surface area contributed by atoms with Crippen molar-refractivity contribution in [3.05, 3.63) is 49.1 Å². The van der Waals surface area contributed by atoms with Crippen LogP contribution in [0.1, 0.15) is 12.8 Å². The summed E-state index contributed by atoms with van der Waals surface area (Å²) in [7, 11) is 0. The summed E-state index contributed by atoms with van der Waals surface area (Å²) in [6.07, 6.45) is 19.9. The van der Waals surface area contributed by atoms with Crippen molar-refractivity contribution in [3.8, 4) is 0 Å². The Kier molecular flexibility index (Phi) is 14.8. The number of unbranched alkanes of at least 4 members (excludes halogenated alkanes) is 1. The summed E-state index contributed by atoms with van der Waals surface area (Å²) >= 11 is -5.53. The Labute approximate surface area is 144 Å². The van der Waals surface area contributed by atoms with Crippen LogP contribution in [0.25, 0.3) is 0 Å². The van der Waals surface area contributed by atoms with Gasteiger partial charge in [0.15, 0.2) is 0 Å². The van der Waals surface area contributed by atoms with E-state index in [0.717, 1.165) is 0 Å². The van der Waals surface area contributed by atoms with Gasteiger partial charge in [0.05, 0.1) is 37.9 Å². The molecule has 24 heavy (non-hydrogen) atoms. The summed E-state index contributed by atoms with van der Waals surface area (Å²) in [5.41, 5.74) is 0. The number of hydrogen-bond acceptors (Lipinski definition) is 8. The number of quaternary nitrogens is 2. The fourth-order valence-corrected chi connectivity index (χ4v) is 1.82. The van der Waals surface area contributed by atoms with E-state index in [2.05, 4.69) is 57.8 Å². The van der Waals surface area contributed by atoms with E-state index in [9.17, 15) is 0 Å². The highest BCUT2D eigenvalue weighted by atomic mass is 32.2. The van der Waals surface area contributed by atoms with Crippen LogP contribution in [0.5, 0.6) is 0 Å². The van der Waals surface area contributed by atoms with Gasteiger partial charge < -0.3 is 9.11 Å². The van der Waals surface area contributed by atoms with Crippen molar-refractivity contribution in [2.75, 3.05) is 13.1 Å². The summed E-state index contributed by atoms with van der Waals surface area (Å²) in [4.78, 5) is 2.96. The van der Waals surface area contributed by atoms with E-state index in [1.807, 2.05) is 0 Å². The minimum Gasteiger partial charge on any atom is -0.748 e. The molecule has 138 valence electrons. The van der Waals surface area contributed by atoms with Crippen LogP contribution in [-0.2, 0) is 31.4 Å². The van der Waals surface area contributed by atoms with Crippen LogP contribution in [0.4, 0.5) is 0 Å². The first-order valence-corrected chi connectivity index (χ1v) is 8.73. The molecule has 0 saturated heterocycles. The Morgan fingerprint density at radius 2 is 1.00 bits per heavy atom. The molecule has 0 aromatic heterocycles. The second-order valence-corrected chi connectivity index (χ2v) is 5.47. The minimum absolute atomic E-state index is 1.23. The van der Waals surface area contributed by atoms with Crippen molar-refractivity contribution >= 4 is 22.7 Å². The summed E-state index contributed by atoms with van der Waals surface area (Å²) in [5, 5.41) is 14.1. The van der Waals surface area contributed by atoms with Gasteiger partial charge in [-0.2, -0.15) is 0 Å². The molecule has 4 N–H and O–H groups in total. The topological polar surface area (TPSA) is 148 Å². The van der Waals surface area contributed by atoms with Crippen molar-refractivity contribution in [2.24, 2.45) is 0 Å². The van der Waals surface area contributed by atoms with E-state index in [1.54, 1.807) is 0 Å². The van der Waals surface area contributed by atoms with Crippen LogP contribution in [-0.4, -0.2) is 41.1 Å². The molecule has 0 amide bonds. The molecule has 0 aliphatic carbocycles. The quantitative estimate of drug-likeness (QED) is 0.173. The lowest BCUT2D eigenvalue weighted by Crippen LogP contribution is -3.03. The van der Waals surface area contributed by atoms with E-state index >= 15 is 0 Å². The van der Waals surface area contributed by atoms with Crippen LogP contribution in [0, 0.1) is 0 Å².